The number of fused-ring (bicyclic) bond motifs is 1. The molecule has 2 fully saturated rings. The minimum absolute atomic E-state index is 0.124. The molecule has 2 aliphatic rings. The largest absolute Gasteiger partial charge is 0.388 e. The first-order valence-electron chi connectivity index (χ1n) is 13.1. The molecule has 3 heteroatoms. The molecule has 1 aromatic heterocycles. The second-order valence-corrected chi connectivity index (χ2v) is 10.9. The van der Waals surface area contributed by atoms with Gasteiger partial charge in [-0.15, -0.1) is 6.42 Å². The molecule has 1 aliphatic heterocycles. The molecule has 2 atom stereocenters. The van der Waals surface area contributed by atoms with Gasteiger partial charge in [-0.25, -0.2) is 4.98 Å². The highest BCUT2D eigenvalue weighted by Crippen LogP contribution is 2.55. The van der Waals surface area contributed by atoms with Crippen LogP contribution in [0.15, 0.2) is 55.1 Å². The van der Waals surface area contributed by atoms with Crippen molar-refractivity contribution in [1.82, 2.24) is 4.98 Å². The average Bonchev–Trinajstić information content (AvgIpc) is 3.66. The molecule has 3 aromatic rings. The molecule has 35 heavy (non-hydrogen) atoms. The van der Waals surface area contributed by atoms with Gasteiger partial charge in [0.25, 0.3) is 0 Å². The van der Waals surface area contributed by atoms with Gasteiger partial charge < -0.3 is 10.2 Å². The number of terminal acetylenes is 1. The molecule has 180 valence electrons. The highest BCUT2D eigenvalue weighted by Gasteiger charge is 2.44. The van der Waals surface area contributed by atoms with E-state index >= 15 is 0 Å². The fourth-order valence-electron chi connectivity index (χ4n) is 5.66. The van der Waals surface area contributed by atoms with E-state index in [-0.39, 0.29) is 11.3 Å². The molecule has 0 spiro atoms. The fourth-order valence-corrected chi connectivity index (χ4v) is 5.66. The first-order valence-corrected chi connectivity index (χ1v) is 13.1. The van der Waals surface area contributed by atoms with Gasteiger partial charge in [-0.3, -0.25) is 0 Å². The zero-order chi connectivity index (χ0) is 24.6. The van der Waals surface area contributed by atoms with E-state index in [2.05, 4.69) is 85.1 Å². The topological polar surface area (TPSA) is 28.2 Å². The van der Waals surface area contributed by atoms with Gasteiger partial charge in [0.1, 0.15) is 5.82 Å². The molecule has 5 rings (SSSR count). The van der Waals surface area contributed by atoms with Gasteiger partial charge >= 0.3 is 0 Å². The van der Waals surface area contributed by atoms with E-state index in [0.717, 1.165) is 41.4 Å². The Hall–Kier alpha value is -3.25. The third-order valence-corrected chi connectivity index (χ3v) is 8.11. The Morgan fingerprint density at radius 3 is 2.74 bits per heavy atom. The minimum Gasteiger partial charge on any atom is -0.388 e. The van der Waals surface area contributed by atoms with Crippen molar-refractivity contribution >= 4 is 27.9 Å². The summed E-state index contributed by atoms with van der Waals surface area (Å²) in [6.45, 7) is 11.3. The number of nitrogens with zero attached hydrogens (tertiary/aromatic N) is 2. The molecule has 1 saturated heterocycles. The summed E-state index contributed by atoms with van der Waals surface area (Å²) in [6.07, 6.45) is 12.2. The van der Waals surface area contributed by atoms with Crippen LogP contribution in [0.25, 0.3) is 16.3 Å². The van der Waals surface area contributed by atoms with E-state index in [0.29, 0.717) is 5.92 Å². The SMILES string of the molecule is C#CC(c1ccc(NC)c(C(=C)c2cc3ccccc3c(N3CCCCC(C)C3)n2)c1)C1(C)CC1. The van der Waals surface area contributed by atoms with Crippen LogP contribution in [0.3, 0.4) is 0 Å². The van der Waals surface area contributed by atoms with Crippen molar-refractivity contribution in [2.75, 3.05) is 30.4 Å². The monoisotopic (exact) mass is 463 g/mol. The van der Waals surface area contributed by atoms with Crippen molar-refractivity contribution in [3.8, 4) is 12.3 Å². The van der Waals surface area contributed by atoms with E-state index in [1.165, 1.54) is 48.4 Å². The maximum atomic E-state index is 6.02. The van der Waals surface area contributed by atoms with Crippen LogP contribution < -0.4 is 10.2 Å². The Bertz CT molecular complexity index is 1290. The van der Waals surface area contributed by atoms with E-state index in [1.54, 1.807) is 0 Å². The van der Waals surface area contributed by atoms with Crippen molar-refractivity contribution in [3.05, 3.63) is 71.9 Å². The lowest BCUT2D eigenvalue weighted by molar-refractivity contribution is 0.520. The summed E-state index contributed by atoms with van der Waals surface area (Å²) in [5.74, 6) is 4.96. The minimum atomic E-state index is 0.124. The van der Waals surface area contributed by atoms with E-state index < -0.39 is 0 Å². The second kappa shape index (κ2) is 9.42. The van der Waals surface area contributed by atoms with Gasteiger partial charge in [0.2, 0.25) is 0 Å². The van der Waals surface area contributed by atoms with Crippen LogP contribution in [0.5, 0.6) is 0 Å². The van der Waals surface area contributed by atoms with Gasteiger partial charge in [0, 0.05) is 42.3 Å². The molecular formula is C32H37N3. The summed E-state index contributed by atoms with van der Waals surface area (Å²) in [5, 5.41) is 5.79. The highest BCUT2D eigenvalue weighted by atomic mass is 15.2. The number of aromatic nitrogens is 1. The zero-order valence-corrected chi connectivity index (χ0v) is 21.4. The van der Waals surface area contributed by atoms with E-state index in [1.807, 2.05) is 7.05 Å². The van der Waals surface area contributed by atoms with Crippen molar-refractivity contribution in [2.24, 2.45) is 11.3 Å². The predicted molar refractivity (Wildman–Crippen MR) is 150 cm³/mol. The summed E-state index contributed by atoms with van der Waals surface area (Å²) in [6, 6.07) is 17.4. The van der Waals surface area contributed by atoms with Crippen LogP contribution >= 0.6 is 0 Å². The third kappa shape index (κ3) is 4.55. The number of hydrogen-bond donors (Lipinski definition) is 1. The molecule has 0 radical (unpaired) electrons. The van der Waals surface area contributed by atoms with E-state index in [9.17, 15) is 0 Å². The van der Waals surface area contributed by atoms with Crippen LogP contribution in [0.2, 0.25) is 0 Å². The van der Waals surface area contributed by atoms with E-state index in [4.69, 9.17) is 11.4 Å². The van der Waals surface area contributed by atoms with Gasteiger partial charge in [-0.05, 0) is 66.2 Å². The van der Waals surface area contributed by atoms with Crippen molar-refractivity contribution in [1.29, 1.82) is 0 Å². The van der Waals surface area contributed by atoms with Gasteiger partial charge in [-0.1, -0.05) is 63.1 Å². The normalized spacial score (nSPS) is 20.1. The van der Waals surface area contributed by atoms with Crippen LogP contribution in [-0.2, 0) is 0 Å². The van der Waals surface area contributed by atoms with Gasteiger partial charge in [0.15, 0.2) is 0 Å². The smallest absolute Gasteiger partial charge is 0.137 e. The van der Waals surface area contributed by atoms with Crippen LogP contribution in [0.1, 0.15) is 68.7 Å². The lowest BCUT2D eigenvalue weighted by Gasteiger charge is -2.26. The second-order valence-electron chi connectivity index (χ2n) is 10.9. The summed E-state index contributed by atoms with van der Waals surface area (Å²) in [4.78, 5) is 7.76. The van der Waals surface area contributed by atoms with Crippen LogP contribution in [0.4, 0.5) is 11.5 Å². The lowest BCUT2D eigenvalue weighted by Crippen LogP contribution is -2.28. The Morgan fingerprint density at radius 2 is 2.00 bits per heavy atom. The fraction of sp³-hybridized carbons (Fsp3) is 0.406. The molecule has 1 saturated carbocycles. The number of pyridine rings is 1. The van der Waals surface area contributed by atoms with Crippen LogP contribution in [-0.4, -0.2) is 25.1 Å². The molecule has 0 bridgehead atoms. The molecule has 2 aromatic carbocycles. The van der Waals surface area contributed by atoms with Crippen LogP contribution in [0, 0.1) is 23.7 Å². The van der Waals surface area contributed by atoms with Gasteiger partial charge in [-0.2, -0.15) is 0 Å². The average molecular weight is 464 g/mol. The number of benzene rings is 2. The first-order chi connectivity index (χ1) is 16.9. The van der Waals surface area contributed by atoms with Gasteiger partial charge in [0.05, 0.1) is 11.6 Å². The van der Waals surface area contributed by atoms with Crippen molar-refractivity contribution in [3.63, 3.8) is 0 Å². The Labute approximate surface area is 210 Å². The maximum absolute atomic E-state index is 6.02. The number of rotatable bonds is 6. The highest BCUT2D eigenvalue weighted by molar-refractivity contribution is 5.96. The number of hydrogen-bond acceptors (Lipinski definition) is 3. The Balaban J connectivity index is 1.60. The standard InChI is InChI=1S/C32H37N3/c1-6-28(32(4)16-17-32)25-14-15-29(33-5)27(19-25)23(3)30-20-24-12-7-8-13-26(24)31(34-30)35-18-10-9-11-22(2)21-35/h1,7-8,12-15,19-20,22,28,33H,3,9-11,16-18,21H2,2,4-5H3. The molecule has 3 nitrogen and oxygen atoms in total. The molecule has 1 N–H and O–H groups in total. The molecule has 2 unspecified atom stereocenters. The summed E-state index contributed by atoms with van der Waals surface area (Å²) < 4.78 is 0. The quantitative estimate of drug-likeness (QED) is 0.384. The van der Waals surface area contributed by atoms with Crippen molar-refractivity contribution in [2.45, 2.75) is 51.9 Å². The summed E-state index contributed by atoms with van der Waals surface area (Å²) in [7, 11) is 1.96. The third-order valence-electron chi connectivity index (χ3n) is 8.11. The predicted octanol–water partition coefficient (Wildman–Crippen LogP) is 7.48. The lowest BCUT2D eigenvalue weighted by atomic mass is 9.83. The first kappa shape index (κ1) is 23.5. The zero-order valence-electron chi connectivity index (χ0n) is 21.4. The summed E-state index contributed by atoms with van der Waals surface area (Å²) >= 11 is 0. The summed E-state index contributed by atoms with van der Waals surface area (Å²) in [5.41, 5.74) is 5.40. The number of anilines is 2. The molecule has 1 aliphatic carbocycles. The van der Waals surface area contributed by atoms with Crippen molar-refractivity contribution < 1.29 is 0 Å². The Kier molecular flexibility index (Phi) is 6.32. The molecule has 2 heterocycles. The Morgan fingerprint density at radius 1 is 1.20 bits per heavy atom. The maximum Gasteiger partial charge on any atom is 0.137 e. The number of nitrogens with one attached hydrogen (secondary N) is 1. The molecular weight excluding hydrogens is 426 g/mol. The molecule has 0 amide bonds.